The number of aryl methyl sites for hydroxylation is 2. The second-order valence-corrected chi connectivity index (χ2v) is 7.27. The highest BCUT2D eigenvalue weighted by Gasteiger charge is 2.19. The lowest BCUT2D eigenvalue weighted by atomic mass is 10.0. The molecule has 3 aromatic carbocycles. The molecular formula is C23H21ClN2. The van der Waals surface area contributed by atoms with Crippen LogP contribution in [0.1, 0.15) is 27.8 Å². The smallest absolute Gasteiger partial charge is 0.0816 e. The van der Waals surface area contributed by atoms with Crippen LogP contribution in [-0.2, 0) is 13.1 Å². The monoisotopic (exact) mass is 360 g/mol. The molecule has 1 aliphatic rings. The SMILES string of the molecule is Cc1cc2c(cc1C)CN(c1ccc(C=Nc3ccccc3Cl)cc1)C2. The van der Waals surface area contributed by atoms with E-state index in [1.54, 1.807) is 0 Å². The number of benzene rings is 3. The maximum atomic E-state index is 6.15. The molecule has 0 amide bonds. The number of aliphatic imine (C=N–C) groups is 1. The van der Waals surface area contributed by atoms with E-state index < -0.39 is 0 Å². The quantitative estimate of drug-likeness (QED) is 0.505. The molecule has 0 atom stereocenters. The molecule has 0 aliphatic carbocycles. The first-order valence-electron chi connectivity index (χ1n) is 8.83. The van der Waals surface area contributed by atoms with Gasteiger partial charge in [0.25, 0.3) is 0 Å². The standard InChI is InChI=1S/C23H21ClN2/c1-16-11-19-14-26(15-20(19)12-17(16)2)21-9-7-18(8-10-21)13-25-23-6-4-3-5-22(23)24/h3-13H,14-15H2,1-2H3. The van der Waals surface area contributed by atoms with Gasteiger partial charge in [0, 0.05) is 25.0 Å². The van der Waals surface area contributed by atoms with Crippen molar-refractivity contribution >= 4 is 29.2 Å². The maximum Gasteiger partial charge on any atom is 0.0816 e. The van der Waals surface area contributed by atoms with E-state index in [0.29, 0.717) is 5.02 Å². The predicted molar refractivity (Wildman–Crippen MR) is 111 cm³/mol. The first kappa shape index (κ1) is 16.9. The molecule has 3 heteroatoms. The molecule has 0 unspecified atom stereocenters. The molecule has 0 N–H and O–H groups in total. The molecule has 1 aliphatic heterocycles. The molecule has 0 fully saturated rings. The van der Waals surface area contributed by atoms with E-state index in [0.717, 1.165) is 24.3 Å². The van der Waals surface area contributed by atoms with E-state index in [1.165, 1.54) is 27.9 Å². The number of rotatable bonds is 3. The molecule has 2 nitrogen and oxygen atoms in total. The molecule has 1 heterocycles. The minimum absolute atomic E-state index is 0.667. The van der Waals surface area contributed by atoms with Crippen molar-refractivity contribution in [3.63, 3.8) is 0 Å². The van der Waals surface area contributed by atoms with Crippen LogP contribution >= 0.6 is 11.6 Å². The van der Waals surface area contributed by atoms with Crippen molar-refractivity contribution in [3.05, 3.63) is 93.5 Å². The third-order valence-corrected chi connectivity index (χ3v) is 5.32. The van der Waals surface area contributed by atoms with Gasteiger partial charge in [-0.2, -0.15) is 0 Å². The fraction of sp³-hybridized carbons (Fsp3) is 0.174. The summed E-state index contributed by atoms with van der Waals surface area (Å²) >= 11 is 6.15. The lowest BCUT2D eigenvalue weighted by Gasteiger charge is -2.17. The number of nitrogens with zero attached hydrogens (tertiary/aromatic N) is 2. The largest absolute Gasteiger partial charge is 0.363 e. The molecule has 130 valence electrons. The first-order valence-corrected chi connectivity index (χ1v) is 9.20. The molecule has 3 aromatic rings. The lowest BCUT2D eigenvalue weighted by molar-refractivity contribution is 0.880. The van der Waals surface area contributed by atoms with Gasteiger partial charge in [-0.3, -0.25) is 4.99 Å². The number of anilines is 1. The minimum Gasteiger partial charge on any atom is -0.363 e. The molecule has 0 bridgehead atoms. The van der Waals surface area contributed by atoms with Gasteiger partial charge in [-0.15, -0.1) is 0 Å². The summed E-state index contributed by atoms with van der Waals surface area (Å²) in [7, 11) is 0. The molecule has 26 heavy (non-hydrogen) atoms. The molecular weight excluding hydrogens is 340 g/mol. The average Bonchev–Trinajstić information content (AvgIpc) is 3.04. The second-order valence-electron chi connectivity index (χ2n) is 6.86. The maximum absolute atomic E-state index is 6.15. The highest BCUT2D eigenvalue weighted by molar-refractivity contribution is 6.33. The Morgan fingerprint density at radius 1 is 0.885 bits per heavy atom. The van der Waals surface area contributed by atoms with E-state index in [9.17, 15) is 0 Å². The van der Waals surface area contributed by atoms with Crippen LogP contribution in [0.25, 0.3) is 0 Å². The van der Waals surface area contributed by atoms with Gasteiger partial charge in [0.15, 0.2) is 0 Å². The average molecular weight is 361 g/mol. The Morgan fingerprint density at radius 2 is 1.50 bits per heavy atom. The third-order valence-electron chi connectivity index (χ3n) is 5.00. The van der Waals surface area contributed by atoms with E-state index in [2.05, 4.69) is 60.1 Å². The normalized spacial score (nSPS) is 13.4. The fourth-order valence-electron chi connectivity index (χ4n) is 3.35. The molecule has 0 saturated carbocycles. The highest BCUT2D eigenvalue weighted by Crippen LogP contribution is 2.30. The minimum atomic E-state index is 0.667. The number of hydrogen-bond donors (Lipinski definition) is 0. The summed E-state index contributed by atoms with van der Waals surface area (Å²) in [5.41, 5.74) is 8.73. The van der Waals surface area contributed by atoms with Crippen molar-refractivity contribution in [1.82, 2.24) is 0 Å². The molecule has 0 saturated heterocycles. The van der Waals surface area contributed by atoms with Crippen molar-refractivity contribution in [3.8, 4) is 0 Å². The van der Waals surface area contributed by atoms with Crippen molar-refractivity contribution < 1.29 is 0 Å². The zero-order chi connectivity index (χ0) is 18.1. The Balaban J connectivity index is 1.50. The molecule has 0 spiro atoms. The van der Waals surface area contributed by atoms with Crippen LogP contribution in [-0.4, -0.2) is 6.21 Å². The zero-order valence-electron chi connectivity index (χ0n) is 15.0. The Labute approximate surface area is 159 Å². The predicted octanol–water partition coefficient (Wildman–Crippen LogP) is 6.23. The Hall–Kier alpha value is -2.58. The van der Waals surface area contributed by atoms with Crippen molar-refractivity contribution in [1.29, 1.82) is 0 Å². The van der Waals surface area contributed by atoms with Gasteiger partial charge < -0.3 is 4.90 Å². The topological polar surface area (TPSA) is 15.6 Å². The van der Waals surface area contributed by atoms with Gasteiger partial charge in [-0.05, 0) is 65.9 Å². The Morgan fingerprint density at radius 3 is 2.12 bits per heavy atom. The summed E-state index contributed by atoms with van der Waals surface area (Å²) in [4.78, 5) is 6.90. The number of halogens is 1. The van der Waals surface area contributed by atoms with Crippen molar-refractivity contribution in [2.24, 2.45) is 4.99 Å². The molecule has 0 radical (unpaired) electrons. The fourth-order valence-corrected chi connectivity index (χ4v) is 3.54. The summed E-state index contributed by atoms with van der Waals surface area (Å²) < 4.78 is 0. The van der Waals surface area contributed by atoms with E-state index >= 15 is 0 Å². The van der Waals surface area contributed by atoms with Crippen LogP contribution < -0.4 is 4.90 Å². The van der Waals surface area contributed by atoms with Gasteiger partial charge in [0.1, 0.15) is 0 Å². The zero-order valence-corrected chi connectivity index (χ0v) is 15.8. The number of para-hydroxylation sites is 1. The number of hydrogen-bond acceptors (Lipinski definition) is 2. The summed E-state index contributed by atoms with van der Waals surface area (Å²) in [5.74, 6) is 0. The molecule has 0 aromatic heterocycles. The first-order chi connectivity index (χ1) is 12.6. The van der Waals surface area contributed by atoms with Crippen molar-refractivity contribution in [2.45, 2.75) is 26.9 Å². The van der Waals surface area contributed by atoms with Gasteiger partial charge in [-0.1, -0.05) is 48.0 Å². The van der Waals surface area contributed by atoms with Crippen LogP contribution in [0.2, 0.25) is 5.02 Å². The Bertz CT molecular complexity index is 943. The second kappa shape index (κ2) is 6.97. The summed E-state index contributed by atoms with van der Waals surface area (Å²) in [6.07, 6.45) is 1.86. The Kier molecular flexibility index (Phi) is 4.52. The number of fused-ring (bicyclic) bond motifs is 1. The van der Waals surface area contributed by atoms with E-state index in [-0.39, 0.29) is 0 Å². The van der Waals surface area contributed by atoms with E-state index in [4.69, 9.17) is 11.6 Å². The van der Waals surface area contributed by atoms with Gasteiger partial charge >= 0.3 is 0 Å². The van der Waals surface area contributed by atoms with Crippen LogP contribution in [0.15, 0.2) is 65.7 Å². The lowest BCUT2D eigenvalue weighted by Crippen LogP contribution is -2.14. The van der Waals surface area contributed by atoms with Crippen LogP contribution in [0.3, 0.4) is 0 Å². The van der Waals surface area contributed by atoms with Crippen LogP contribution in [0, 0.1) is 13.8 Å². The van der Waals surface area contributed by atoms with Gasteiger partial charge in [0.2, 0.25) is 0 Å². The molecule has 4 rings (SSSR count). The summed E-state index contributed by atoms with van der Waals surface area (Å²) in [5, 5.41) is 0.667. The third kappa shape index (κ3) is 3.38. The highest BCUT2D eigenvalue weighted by atomic mass is 35.5. The van der Waals surface area contributed by atoms with Gasteiger partial charge in [-0.25, -0.2) is 0 Å². The van der Waals surface area contributed by atoms with Crippen LogP contribution in [0.4, 0.5) is 11.4 Å². The summed E-state index contributed by atoms with van der Waals surface area (Å²) in [6.45, 7) is 6.32. The van der Waals surface area contributed by atoms with Crippen molar-refractivity contribution in [2.75, 3.05) is 4.90 Å². The van der Waals surface area contributed by atoms with Gasteiger partial charge in [0.05, 0.1) is 10.7 Å². The van der Waals surface area contributed by atoms with E-state index in [1.807, 2.05) is 30.5 Å². The van der Waals surface area contributed by atoms with Crippen LogP contribution in [0.5, 0.6) is 0 Å². The summed E-state index contributed by atoms with van der Waals surface area (Å²) in [6, 6.07) is 20.8.